The molecule has 0 aliphatic rings. The Morgan fingerprint density at radius 2 is 2.17 bits per heavy atom. The van der Waals surface area contributed by atoms with Gasteiger partial charge in [0.2, 0.25) is 5.91 Å². The van der Waals surface area contributed by atoms with Gasteiger partial charge in [-0.3, -0.25) is 9.48 Å². The van der Waals surface area contributed by atoms with Crippen molar-refractivity contribution >= 4 is 17.3 Å². The van der Waals surface area contributed by atoms with Gasteiger partial charge in [-0.15, -0.1) is 0 Å². The van der Waals surface area contributed by atoms with Gasteiger partial charge in [0, 0.05) is 17.6 Å². The van der Waals surface area contributed by atoms with Crippen LogP contribution in [0.3, 0.4) is 0 Å². The number of hydrogen-bond donors (Lipinski definition) is 2. The maximum Gasteiger partial charge on any atom is 0.246 e. The highest BCUT2D eigenvalue weighted by Crippen LogP contribution is 2.20. The molecule has 0 aliphatic heterocycles. The van der Waals surface area contributed by atoms with Crippen LogP contribution < -0.4 is 11.1 Å². The number of amides is 1. The quantitative estimate of drug-likeness (QED) is 0.807. The van der Waals surface area contributed by atoms with Gasteiger partial charge in [-0.2, -0.15) is 5.10 Å². The lowest BCUT2D eigenvalue weighted by molar-refractivity contribution is -0.116. The molecule has 0 saturated carbocycles. The highest BCUT2D eigenvalue weighted by molar-refractivity contribution is 5.92. The van der Waals surface area contributed by atoms with E-state index in [0.717, 1.165) is 16.9 Å². The topological polar surface area (TPSA) is 72.9 Å². The second-order valence-corrected chi connectivity index (χ2v) is 4.22. The van der Waals surface area contributed by atoms with Crippen molar-refractivity contribution in [3.8, 4) is 0 Å². The van der Waals surface area contributed by atoms with Crippen LogP contribution in [0.5, 0.6) is 0 Å². The Balaban J connectivity index is 2.05. The molecule has 2 rings (SSSR count). The van der Waals surface area contributed by atoms with Gasteiger partial charge in [0.25, 0.3) is 0 Å². The van der Waals surface area contributed by atoms with Gasteiger partial charge >= 0.3 is 0 Å². The zero-order valence-electron chi connectivity index (χ0n) is 10.5. The SMILES string of the molecule is Cc1ccn(CC(=O)Nc2cccc(N)c2C)n1. The number of benzene rings is 1. The molecule has 0 bridgehead atoms. The predicted molar refractivity (Wildman–Crippen MR) is 71.2 cm³/mol. The highest BCUT2D eigenvalue weighted by Gasteiger charge is 2.07. The lowest BCUT2D eigenvalue weighted by Crippen LogP contribution is -2.19. The summed E-state index contributed by atoms with van der Waals surface area (Å²) in [6.07, 6.45) is 1.78. The van der Waals surface area contributed by atoms with Gasteiger partial charge in [-0.25, -0.2) is 0 Å². The molecule has 0 saturated heterocycles. The van der Waals surface area contributed by atoms with E-state index in [1.165, 1.54) is 0 Å². The van der Waals surface area contributed by atoms with E-state index < -0.39 is 0 Å². The summed E-state index contributed by atoms with van der Waals surface area (Å²) in [5.41, 5.74) is 8.96. The molecule has 2 aromatic rings. The Morgan fingerprint density at radius 1 is 1.39 bits per heavy atom. The van der Waals surface area contributed by atoms with Crippen LogP contribution in [-0.2, 0) is 11.3 Å². The molecule has 0 unspecified atom stereocenters. The molecule has 3 N–H and O–H groups in total. The molecule has 1 amide bonds. The van der Waals surface area contributed by atoms with Crippen molar-refractivity contribution in [2.45, 2.75) is 20.4 Å². The van der Waals surface area contributed by atoms with Crippen LogP contribution in [-0.4, -0.2) is 15.7 Å². The van der Waals surface area contributed by atoms with Gasteiger partial charge in [-0.1, -0.05) is 6.07 Å². The number of nitrogens with one attached hydrogen (secondary N) is 1. The molecule has 0 atom stereocenters. The highest BCUT2D eigenvalue weighted by atomic mass is 16.2. The van der Waals surface area contributed by atoms with Crippen LogP contribution in [0.4, 0.5) is 11.4 Å². The fourth-order valence-electron chi connectivity index (χ4n) is 1.68. The maximum absolute atomic E-state index is 11.8. The van der Waals surface area contributed by atoms with Crippen LogP contribution in [0.25, 0.3) is 0 Å². The normalized spacial score (nSPS) is 10.3. The Hall–Kier alpha value is -2.30. The van der Waals surface area contributed by atoms with E-state index in [0.29, 0.717) is 5.69 Å². The van der Waals surface area contributed by atoms with Gasteiger partial charge < -0.3 is 11.1 Å². The molecule has 0 aliphatic carbocycles. The van der Waals surface area contributed by atoms with E-state index in [2.05, 4.69) is 10.4 Å². The van der Waals surface area contributed by atoms with Gasteiger partial charge in [0.1, 0.15) is 6.54 Å². The second-order valence-electron chi connectivity index (χ2n) is 4.22. The van der Waals surface area contributed by atoms with Crippen molar-refractivity contribution in [3.63, 3.8) is 0 Å². The molecule has 1 heterocycles. The monoisotopic (exact) mass is 244 g/mol. The first-order chi connectivity index (χ1) is 8.56. The Labute approximate surface area is 106 Å². The molecule has 0 spiro atoms. The molecule has 18 heavy (non-hydrogen) atoms. The molecular weight excluding hydrogens is 228 g/mol. The summed E-state index contributed by atoms with van der Waals surface area (Å²) in [4.78, 5) is 11.8. The van der Waals surface area contributed by atoms with Crippen LogP contribution in [0.2, 0.25) is 0 Å². The Morgan fingerprint density at radius 3 is 2.83 bits per heavy atom. The van der Waals surface area contributed by atoms with E-state index in [9.17, 15) is 4.79 Å². The summed E-state index contributed by atoms with van der Waals surface area (Å²) >= 11 is 0. The molecule has 5 nitrogen and oxygen atoms in total. The number of nitrogens with zero attached hydrogens (tertiary/aromatic N) is 2. The van der Waals surface area contributed by atoms with Crippen molar-refractivity contribution in [1.82, 2.24) is 9.78 Å². The van der Waals surface area contributed by atoms with E-state index in [-0.39, 0.29) is 12.5 Å². The number of carbonyl (C=O) groups excluding carboxylic acids is 1. The van der Waals surface area contributed by atoms with Crippen molar-refractivity contribution < 1.29 is 4.79 Å². The first kappa shape index (κ1) is 12.2. The van der Waals surface area contributed by atoms with E-state index in [1.54, 1.807) is 10.9 Å². The number of anilines is 2. The molecule has 94 valence electrons. The lowest BCUT2D eigenvalue weighted by atomic mass is 10.1. The third kappa shape index (κ3) is 2.68. The third-order valence-electron chi connectivity index (χ3n) is 2.73. The zero-order chi connectivity index (χ0) is 13.1. The minimum Gasteiger partial charge on any atom is -0.398 e. The van der Waals surface area contributed by atoms with Crippen LogP contribution in [0.15, 0.2) is 30.5 Å². The Bertz CT molecular complexity index is 574. The van der Waals surface area contributed by atoms with Crippen molar-refractivity contribution in [2.75, 3.05) is 11.1 Å². The molecule has 0 radical (unpaired) electrons. The van der Waals surface area contributed by atoms with E-state index in [1.807, 2.05) is 38.1 Å². The van der Waals surface area contributed by atoms with Gasteiger partial charge in [0.05, 0.1) is 5.69 Å². The number of aryl methyl sites for hydroxylation is 1. The fourth-order valence-corrected chi connectivity index (χ4v) is 1.68. The fraction of sp³-hybridized carbons (Fsp3) is 0.231. The lowest BCUT2D eigenvalue weighted by Gasteiger charge is -2.10. The van der Waals surface area contributed by atoms with Crippen molar-refractivity contribution in [3.05, 3.63) is 41.7 Å². The summed E-state index contributed by atoms with van der Waals surface area (Å²) in [6.45, 7) is 3.96. The smallest absolute Gasteiger partial charge is 0.246 e. The molecular formula is C13H16N4O. The summed E-state index contributed by atoms with van der Waals surface area (Å²) in [6, 6.07) is 7.31. The first-order valence-corrected chi connectivity index (χ1v) is 5.71. The molecule has 0 fully saturated rings. The van der Waals surface area contributed by atoms with Gasteiger partial charge in [0.15, 0.2) is 0 Å². The van der Waals surface area contributed by atoms with E-state index in [4.69, 9.17) is 5.73 Å². The number of nitrogens with two attached hydrogens (primary N) is 1. The molecule has 1 aromatic heterocycles. The number of aromatic nitrogens is 2. The number of rotatable bonds is 3. The second kappa shape index (κ2) is 4.91. The molecule has 5 heteroatoms. The number of nitrogen functional groups attached to an aromatic ring is 1. The Kier molecular flexibility index (Phi) is 3.32. The summed E-state index contributed by atoms with van der Waals surface area (Å²) < 4.78 is 1.60. The first-order valence-electron chi connectivity index (χ1n) is 5.71. The van der Waals surface area contributed by atoms with Crippen molar-refractivity contribution in [2.24, 2.45) is 0 Å². The van der Waals surface area contributed by atoms with Crippen LogP contribution in [0, 0.1) is 13.8 Å². The van der Waals surface area contributed by atoms with Gasteiger partial charge in [-0.05, 0) is 37.6 Å². The summed E-state index contributed by atoms with van der Waals surface area (Å²) in [5, 5.41) is 6.99. The molecule has 1 aromatic carbocycles. The van der Waals surface area contributed by atoms with E-state index >= 15 is 0 Å². The minimum absolute atomic E-state index is 0.119. The van der Waals surface area contributed by atoms with Crippen molar-refractivity contribution in [1.29, 1.82) is 0 Å². The summed E-state index contributed by atoms with van der Waals surface area (Å²) in [7, 11) is 0. The van der Waals surface area contributed by atoms with Crippen LogP contribution >= 0.6 is 0 Å². The minimum atomic E-state index is -0.119. The zero-order valence-corrected chi connectivity index (χ0v) is 10.5. The summed E-state index contributed by atoms with van der Waals surface area (Å²) in [5.74, 6) is -0.119. The maximum atomic E-state index is 11.8. The predicted octanol–water partition coefficient (Wildman–Crippen LogP) is 1.72. The largest absolute Gasteiger partial charge is 0.398 e. The standard InChI is InChI=1S/C13H16N4O/c1-9-6-7-17(16-9)8-13(18)15-12-5-3-4-11(14)10(12)2/h3-7H,8,14H2,1-2H3,(H,15,18). The average Bonchev–Trinajstić information content (AvgIpc) is 2.70. The van der Waals surface area contributed by atoms with Crippen LogP contribution in [0.1, 0.15) is 11.3 Å². The number of carbonyl (C=O) groups is 1. The third-order valence-corrected chi connectivity index (χ3v) is 2.73. The number of hydrogen-bond acceptors (Lipinski definition) is 3. The average molecular weight is 244 g/mol.